The highest BCUT2D eigenvalue weighted by molar-refractivity contribution is 5.24. The van der Waals surface area contributed by atoms with Gasteiger partial charge in [-0.1, -0.05) is 19.3 Å². The number of hydrogen-bond acceptors (Lipinski definition) is 2. The highest BCUT2D eigenvalue weighted by Crippen LogP contribution is 2.31. The Balaban J connectivity index is 1.56. The number of nitrogens with one attached hydrogen (secondary N) is 1. The minimum atomic E-state index is 0.563. The Labute approximate surface area is 104 Å². The van der Waals surface area contributed by atoms with Gasteiger partial charge in [-0.15, -0.1) is 0 Å². The van der Waals surface area contributed by atoms with Gasteiger partial charge in [0.05, 0.1) is 6.20 Å². The summed E-state index contributed by atoms with van der Waals surface area (Å²) in [6.45, 7) is 1.18. The van der Waals surface area contributed by atoms with E-state index in [2.05, 4.69) is 28.3 Å². The fourth-order valence-electron chi connectivity index (χ4n) is 3.16. The maximum absolute atomic E-state index is 4.40. The molecule has 0 amide bonds. The molecule has 1 heterocycles. The monoisotopic (exact) mass is 233 g/mol. The lowest BCUT2D eigenvalue weighted by Crippen LogP contribution is -2.28. The Morgan fingerprint density at radius 1 is 1.35 bits per heavy atom. The number of fused-ring (bicyclic) bond motifs is 1. The van der Waals surface area contributed by atoms with Crippen LogP contribution in [0, 0.1) is 5.92 Å². The molecule has 3 rings (SSSR count). The zero-order chi connectivity index (χ0) is 11.7. The first-order valence-electron chi connectivity index (χ1n) is 7.09. The van der Waals surface area contributed by atoms with E-state index in [4.69, 9.17) is 0 Å². The van der Waals surface area contributed by atoms with Crippen LogP contribution in [0.2, 0.25) is 0 Å². The fourth-order valence-corrected chi connectivity index (χ4v) is 3.16. The molecule has 3 nitrogen and oxygen atoms in total. The van der Waals surface area contributed by atoms with Crippen molar-refractivity contribution in [1.82, 2.24) is 15.1 Å². The van der Waals surface area contributed by atoms with Crippen LogP contribution in [-0.2, 0) is 13.5 Å². The number of hydrogen-bond donors (Lipinski definition) is 1. The van der Waals surface area contributed by atoms with Crippen LogP contribution in [0.5, 0.6) is 0 Å². The van der Waals surface area contributed by atoms with Crippen LogP contribution < -0.4 is 5.32 Å². The van der Waals surface area contributed by atoms with Crippen LogP contribution in [0.3, 0.4) is 0 Å². The molecule has 1 atom stereocenters. The second kappa shape index (κ2) is 4.81. The lowest BCUT2D eigenvalue weighted by Gasteiger charge is -2.28. The van der Waals surface area contributed by atoms with Crippen LogP contribution in [0.25, 0.3) is 0 Å². The van der Waals surface area contributed by atoms with Crippen molar-refractivity contribution in [2.24, 2.45) is 13.0 Å². The molecule has 0 aromatic carbocycles. The van der Waals surface area contributed by atoms with E-state index < -0.39 is 0 Å². The molecule has 1 aromatic rings. The largest absolute Gasteiger partial charge is 0.310 e. The Morgan fingerprint density at radius 3 is 3.00 bits per heavy atom. The summed E-state index contributed by atoms with van der Waals surface area (Å²) < 4.78 is 2.05. The second-order valence-corrected chi connectivity index (χ2v) is 5.65. The van der Waals surface area contributed by atoms with E-state index in [1.165, 1.54) is 62.7 Å². The predicted octanol–water partition coefficient (Wildman–Crippen LogP) is 2.58. The van der Waals surface area contributed by atoms with Gasteiger partial charge in [-0.25, -0.2) is 0 Å². The van der Waals surface area contributed by atoms with Gasteiger partial charge < -0.3 is 5.32 Å². The van der Waals surface area contributed by atoms with E-state index in [0.717, 1.165) is 5.92 Å². The minimum absolute atomic E-state index is 0.563. The molecule has 17 heavy (non-hydrogen) atoms. The Morgan fingerprint density at radius 2 is 2.24 bits per heavy atom. The summed E-state index contributed by atoms with van der Waals surface area (Å²) in [6, 6.07) is 0.563. The van der Waals surface area contributed by atoms with Gasteiger partial charge in [-0.05, 0) is 38.1 Å². The molecule has 94 valence electrons. The zero-order valence-electron chi connectivity index (χ0n) is 10.8. The summed E-state index contributed by atoms with van der Waals surface area (Å²) in [5, 5.41) is 8.13. The van der Waals surface area contributed by atoms with Crippen molar-refractivity contribution >= 4 is 0 Å². The molecule has 0 saturated heterocycles. The summed E-state index contributed by atoms with van der Waals surface area (Å²) in [5.74, 6) is 1.01. The topological polar surface area (TPSA) is 29.9 Å². The predicted molar refractivity (Wildman–Crippen MR) is 68.8 cm³/mol. The van der Waals surface area contributed by atoms with Crippen molar-refractivity contribution in [3.05, 3.63) is 17.5 Å². The van der Waals surface area contributed by atoms with E-state index in [0.29, 0.717) is 6.04 Å². The van der Waals surface area contributed by atoms with Gasteiger partial charge in [0, 0.05) is 24.3 Å². The molecule has 1 fully saturated rings. The van der Waals surface area contributed by atoms with Crippen LogP contribution in [0.4, 0.5) is 0 Å². The number of aromatic nitrogens is 2. The maximum Gasteiger partial charge on any atom is 0.0540 e. The Kier molecular flexibility index (Phi) is 3.19. The molecule has 0 spiro atoms. The normalized spacial score (nSPS) is 24.4. The first-order valence-corrected chi connectivity index (χ1v) is 7.09. The molecular weight excluding hydrogens is 210 g/mol. The molecular formula is C14H23N3. The van der Waals surface area contributed by atoms with Crippen molar-refractivity contribution in [3.8, 4) is 0 Å². The van der Waals surface area contributed by atoms with E-state index in [-0.39, 0.29) is 0 Å². The quantitative estimate of drug-likeness (QED) is 0.866. The smallest absolute Gasteiger partial charge is 0.0540 e. The summed E-state index contributed by atoms with van der Waals surface area (Å²) >= 11 is 0. The highest BCUT2D eigenvalue weighted by atomic mass is 15.3. The Hall–Kier alpha value is -0.830. The second-order valence-electron chi connectivity index (χ2n) is 5.65. The molecule has 1 aromatic heterocycles. The Bertz CT molecular complexity index is 379. The first kappa shape index (κ1) is 11.3. The third kappa shape index (κ3) is 2.25. The van der Waals surface area contributed by atoms with Gasteiger partial charge in [0.1, 0.15) is 0 Å². The average Bonchev–Trinajstić information content (AvgIpc) is 2.65. The van der Waals surface area contributed by atoms with Gasteiger partial charge in [-0.2, -0.15) is 5.10 Å². The van der Waals surface area contributed by atoms with Gasteiger partial charge >= 0.3 is 0 Å². The van der Waals surface area contributed by atoms with Crippen molar-refractivity contribution in [3.63, 3.8) is 0 Å². The van der Waals surface area contributed by atoms with Crippen LogP contribution in [0.15, 0.2) is 6.20 Å². The standard InChI is InChI=1S/C14H23N3/c1-17-14-7-3-6-13(12(14)10-16-17)15-9-8-11-4-2-5-11/h10-11,13,15H,2-9H2,1H3. The summed E-state index contributed by atoms with van der Waals surface area (Å²) in [5.41, 5.74) is 2.89. The van der Waals surface area contributed by atoms with E-state index in [1.54, 1.807) is 0 Å². The van der Waals surface area contributed by atoms with Gasteiger partial charge in [0.25, 0.3) is 0 Å². The van der Waals surface area contributed by atoms with Crippen molar-refractivity contribution in [2.45, 2.75) is 51.0 Å². The van der Waals surface area contributed by atoms with Crippen LogP contribution >= 0.6 is 0 Å². The molecule has 2 aliphatic carbocycles. The van der Waals surface area contributed by atoms with E-state index in [1.807, 2.05) is 0 Å². The van der Waals surface area contributed by atoms with Gasteiger partial charge in [0.15, 0.2) is 0 Å². The summed E-state index contributed by atoms with van der Waals surface area (Å²) in [6.07, 6.45) is 11.6. The number of aryl methyl sites for hydroxylation is 1. The van der Waals surface area contributed by atoms with Crippen molar-refractivity contribution in [2.75, 3.05) is 6.54 Å². The average molecular weight is 233 g/mol. The lowest BCUT2D eigenvalue weighted by molar-refractivity contribution is 0.284. The first-order chi connectivity index (χ1) is 8.34. The fraction of sp³-hybridized carbons (Fsp3) is 0.786. The summed E-state index contributed by atoms with van der Waals surface area (Å²) in [7, 11) is 2.07. The van der Waals surface area contributed by atoms with Crippen molar-refractivity contribution < 1.29 is 0 Å². The molecule has 0 radical (unpaired) electrons. The number of nitrogens with zero attached hydrogens (tertiary/aromatic N) is 2. The summed E-state index contributed by atoms with van der Waals surface area (Å²) in [4.78, 5) is 0. The highest BCUT2D eigenvalue weighted by Gasteiger charge is 2.23. The zero-order valence-corrected chi connectivity index (χ0v) is 10.8. The van der Waals surface area contributed by atoms with Gasteiger partial charge in [0.2, 0.25) is 0 Å². The van der Waals surface area contributed by atoms with Crippen molar-refractivity contribution in [1.29, 1.82) is 0 Å². The minimum Gasteiger partial charge on any atom is -0.310 e. The molecule has 3 heteroatoms. The third-order valence-corrected chi connectivity index (χ3v) is 4.54. The molecule has 2 aliphatic rings. The number of rotatable bonds is 4. The van der Waals surface area contributed by atoms with E-state index >= 15 is 0 Å². The molecule has 0 aliphatic heterocycles. The van der Waals surface area contributed by atoms with Crippen LogP contribution in [0.1, 0.15) is 55.8 Å². The maximum atomic E-state index is 4.40. The van der Waals surface area contributed by atoms with E-state index in [9.17, 15) is 0 Å². The third-order valence-electron chi connectivity index (χ3n) is 4.54. The van der Waals surface area contributed by atoms with Crippen LogP contribution in [-0.4, -0.2) is 16.3 Å². The molecule has 1 saturated carbocycles. The van der Waals surface area contributed by atoms with Gasteiger partial charge in [-0.3, -0.25) is 4.68 Å². The SMILES string of the molecule is Cn1ncc2c1CCCC2NCCC1CCC1. The molecule has 0 bridgehead atoms. The molecule has 1 unspecified atom stereocenters. The lowest BCUT2D eigenvalue weighted by atomic mass is 9.83. The molecule has 1 N–H and O–H groups in total.